The van der Waals surface area contributed by atoms with E-state index < -0.39 is 0 Å². The van der Waals surface area contributed by atoms with E-state index in [1.165, 1.54) is 0 Å². The van der Waals surface area contributed by atoms with Crippen LogP contribution in [-0.4, -0.2) is 45.3 Å². The van der Waals surface area contributed by atoms with Gasteiger partial charge in [-0.15, -0.1) is 0 Å². The number of benzene rings is 2. The second kappa shape index (κ2) is 8.34. The van der Waals surface area contributed by atoms with Gasteiger partial charge in [0.05, 0.1) is 24.3 Å². The maximum atomic E-state index is 12.4. The molecule has 0 radical (unpaired) electrons. The van der Waals surface area contributed by atoms with Gasteiger partial charge in [-0.2, -0.15) is 10.2 Å². The summed E-state index contributed by atoms with van der Waals surface area (Å²) in [6.45, 7) is 4.10. The van der Waals surface area contributed by atoms with Crippen LogP contribution in [0.25, 0.3) is 22.8 Å². The van der Waals surface area contributed by atoms with Crippen LogP contribution < -0.4 is 4.74 Å². The first kappa shape index (κ1) is 21.2. The molecule has 1 fully saturated rings. The van der Waals surface area contributed by atoms with Crippen LogP contribution in [0.5, 0.6) is 5.75 Å². The SMILES string of the molecule is CC(C)Oc1ccc(-c2nc(-c3cccc4c3C[C@H]3CC(=O)N(CCO)[C@@H]43)no2)cc1C#N. The van der Waals surface area contributed by atoms with E-state index in [1.54, 1.807) is 23.1 Å². The zero-order chi connectivity index (χ0) is 23.1. The molecule has 5 rings (SSSR count). The summed E-state index contributed by atoms with van der Waals surface area (Å²) in [4.78, 5) is 18.8. The third-order valence-corrected chi connectivity index (χ3v) is 6.25. The number of carbonyl (C=O) groups is 1. The van der Waals surface area contributed by atoms with Crippen LogP contribution in [0, 0.1) is 17.2 Å². The van der Waals surface area contributed by atoms with Crippen molar-refractivity contribution in [3.8, 4) is 34.7 Å². The van der Waals surface area contributed by atoms with Crippen molar-refractivity contribution in [3.63, 3.8) is 0 Å². The zero-order valence-corrected chi connectivity index (χ0v) is 18.5. The predicted molar refractivity (Wildman–Crippen MR) is 119 cm³/mol. The third-order valence-electron chi connectivity index (χ3n) is 6.25. The molecule has 2 aliphatic rings. The molecule has 0 unspecified atom stereocenters. The van der Waals surface area contributed by atoms with E-state index in [0.29, 0.717) is 41.6 Å². The molecule has 2 aromatic carbocycles. The topological polar surface area (TPSA) is 112 Å². The number of rotatable bonds is 6. The molecule has 8 nitrogen and oxygen atoms in total. The van der Waals surface area contributed by atoms with Gasteiger partial charge in [-0.3, -0.25) is 4.79 Å². The summed E-state index contributed by atoms with van der Waals surface area (Å²) in [5, 5.41) is 23.1. The molecule has 0 saturated carbocycles. The fourth-order valence-corrected chi connectivity index (χ4v) is 4.98. The predicted octanol–water partition coefficient (Wildman–Crippen LogP) is 3.50. The minimum absolute atomic E-state index is 0.0161. The molecular weight excluding hydrogens is 420 g/mol. The molecule has 0 spiro atoms. The molecule has 1 aromatic heterocycles. The lowest BCUT2D eigenvalue weighted by Crippen LogP contribution is -2.30. The Morgan fingerprint density at radius 3 is 2.91 bits per heavy atom. The average molecular weight is 444 g/mol. The molecular formula is C25H24N4O4. The maximum absolute atomic E-state index is 12.4. The number of nitrogens with zero attached hydrogens (tertiary/aromatic N) is 4. The van der Waals surface area contributed by atoms with Gasteiger partial charge < -0.3 is 19.3 Å². The van der Waals surface area contributed by atoms with Crippen LogP contribution in [0.15, 0.2) is 40.9 Å². The van der Waals surface area contributed by atoms with Crippen LogP contribution >= 0.6 is 0 Å². The van der Waals surface area contributed by atoms with E-state index in [1.807, 2.05) is 32.0 Å². The number of nitriles is 1. The van der Waals surface area contributed by atoms with Crippen molar-refractivity contribution in [2.24, 2.45) is 5.92 Å². The summed E-state index contributed by atoms with van der Waals surface area (Å²) in [5.41, 5.74) is 4.14. The minimum Gasteiger partial charge on any atom is -0.490 e. The molecule has 1 aliphatic carbocycles. The van der Waals surface area contributed by atoms with Crippen LogP contribution in [-0.2, 0) is 11.2 Å². The lowest BCUT2D eigenvalue weighted by atomic mass is 10.0. The number of hydrogen-bond donors (Lipinski definition) is 1. The number of fused-ring (bicyclic) bond motifs is 3. The van der Waals surface area contributed by atoms with Crippen molar-refractivity contribution < 1.29 is 19.2 Å². The number of aromatic nitrogens is 2. The largest absolute Gasteiger partial charge is 0.490 e. The lowest BCUT2D eigenvalue weighted by Gasteiger charge is -2.24. The smallest absolute Gasteiger partial charge is 0.258 e. The summed E-state index contributed by atoms with van der Waals surface area (Å²) in [6, 6.07) is 13.3. The molecule has 1 amide bonds. The molecule has 2 heterocycles. The van der Waals surface area contributed by atoms with Crippen LogP contribution in [0.4, 0.5) is 0 Å². The number of β-amino-alcohol motifs (C(OH)–C–C–N with tert-alkyl or cyclic N) is 1. The Balaban J connectivity index is 1.48. The van der Waals surface area contributed by atoms with Crippen molar-refractivity contribution in [3.05, 3.63) is 53.1 Å². The van der Waals surface area contributed by atoms with Gasteiger partial charge in [0.2, 0.25) is 11.7 Å². The summed E-state index contributed by atoms with van der Waals surface area (Å²) in [7, 11) is 0. The number of ether oxygens (including phenoxy) is 1. The Morgan fingerprint density at radius 2 is 2.15 bits per heavy atom. The molecule has 8 heteroatoms. The number of hydrogen-bond acceptors (Lipinski definition) is 7. The highest BCUT2D eigenvalue weighted by atomic mass is 16.5. The van der Waals surface area contributed by atoms with Gasteiger partial charge in [0.25, 0.3) is 5.89 Å². The fourth-order valence-electron chi connectivity index (χ4n) is 4.98. The first-order valence-corrected chi connectivity index (χ1v) is 11.1. The van der Waals surface area contributed by atoms with Crippen molar-refractivity contribution in [2.75, 3.05) is 13.2 Å². The molecule has 3 aromatic rings. The summed E-state index contributed by atoms with van der Waals surface area (Å²) in [6.07, 6.45) is 1.20. The van der Waals surface area contributed by atoms with Gasteiger partial charge in [-0.25, -0.2) is 0 Å². The second-order valence-corrected chi connectivity index (χ2v) is 8.71. The molecule has 2 atom stereocenters. The van der Waals surface area contributed by atoms with E-state index in [2.05, 4.69) is 16.2 Å². The monoisotopic (exact) mass is 444 g/mol. The van der Waals surface area contributed by atoms with Gasteiger partial charge >= 0.3 is 0 Å². The molecule has 1 saturated heterocycles. The number of aliphatic hydroxyl groups excluding tert-OH is 1. The molecule has 1 N–H and O–H groups in total. The molecule has 1 aliphatic heterocycles. The van der Waals surface area contributed by atoms with Gasteiger partial charge in [0.1, 0.15) is 11.8 Å². The Morgan fingerprint density at radius 1 is 1.30 bits per heavy atom. The highest BCUT2D eigenvalue weighted by Crippen LogP contribution is 2.49. The van der Waals surface area contributed by atoms with E-state index in [-0.39, 0.29) is 30.6 Å². The zero-order valence-electron chi connectivity index (χ0n) is 18.5. The number of aliphatic hydroxyl groups is 1. The van der Waals surface area contributed by atoms with Crippen molar-refractivity contribution >= 4 is 5.91 Å². The summed E-state index contributed by atoms with van der Waals surface area (Å²) in [5.74, 6) is 1.60. The van der Waals surface area contributed by atoms with Gasteiger partial charge in [0, 0.05) is 24.1 Å². The Labute approximate surface area is 191 Å². The average Bonchev–Trinajstić information content (AvgIpc) is 3.49. The third kappa shape index (κ3) is 3.64. The maximum Gasteiger partial charge on any atom is 0.258 e. The number of amides is 1. The van der Waals surface area contributed by atoms with Crippen molar-refractivity contribution in [2.45, 2.75) is 38.8 Å². The fraction of sp³-hybridized carbons (Fsp3) is 0.360. The normalized spacial score (nSPS) is 19.0. The van der Waals surface area contributed by atoms with Gasteiger partial charge in [-0.05, 0) is 55.5 Å². The minimum atomic E-state index is -0.0517. The molecule has 0 bridgehead atoms. The second-order valence-electron chi connectivity index (χ2n) is 8.71. The van der Waals surface area contributed by atoms with E-state index in [9.17, 15) is 15.2 Å². The van der Waals surface area contributed by atoms with Gasteiger partial charge in [0.15, 0.2) is 0 Å². The van der Waals surface area contributed by atoms with E-state index in [0.717, 1.165) is 23.1 Å². The van der Waals surface area contributed by atoms with Gasteiger partial charge in [-0.1, -0.05) is 23.4 Å². The summed E-state index contributed by atoms with van der Waals surface area (Å²) >= 11 is 0. The Kier molecular flexibility index (Phi) is 5.35. The quantitative estimate of drug-likeness (QED) is 0.619. The Hall–Kier alpha value is -3.70. The van der Waals surface area contributed by atoms with Crippen molar-refractivity contribution in [1.29, 1.82) is 5.26 Å². The Bertz CT molecular complexity index is 1260. The standard InChI is InChI=1S/C25H24N4O4/c1-14(2)32-21-7-6-15(10-17(21)13-26)25-27-24(28-33-25)19-5-3-4-18-20(19)11-16-12-22(31)29(8-9-30)23(16)18/h3-7,10,14,16,23,30H,8-9,11-12H2,1-2H3/t16-,23+/m0/s1. The molecule has 33 heavy (non-hydrogen) atoms. The lowest BCUT2D eigenvalue weighted by molar-refractivity contribution is -0.129. The summed E-state index contributed by atoms with van der Waals surface area (Å²) < 4.78 is 11.2. The first-order valence-electron chi connectivity index (χ1n) is 11.1. The molecule has 168 valence electrons. The van der Waals surface area contributed by atoms with E-state index in [4.69, 9.17) is 9.26 Å². The highest BCUT2D eigenvalue weighted by Gasteiger charge is 2.46. The van der Waals surface area contributed by atoms with Crippen LogP contribution in [0.1, 0.15) is 43.0 Å². The number of carbonyl (C=O) groups excluding carboxylic acids is 1. The van der Waals surface area contributed by atoms with Crippen LogP contribution in [0.3, 0.4) is 0 Å². The highest BCUT2D eigenvalue weighted by molar-refractivity contribution is 5.81. The van der Waals surface area contributed by atoms with Crippen molar-refractivity contribution in [1.82, 2.24) is 15.0 Å². The van der Waals surface area contributed by atoms with Crippen LogP contribution in [0.2, 0.25) is 0 Å². The first-order chi connectivity index (χ1) is 16.0. The number of likely N-dealkylation sites (tertiary alicyclic amines) is 1. The van der Waals surface area contributed by atoms with E-state index >= 15 is 0 Å².